The first-order chi connectivity index (χ1) is 12.0. The van der Waals surface area contributed by atoms with Gasteiger partial charge in [0.1, 0.15) is 17.2 Å². The highest BCUT2D eigenvalue weighted by atomic mass is 16.3. The van der Waals surface area contributed by atoms with Crippen molar-refractivity contribution in [2.75, 3.05) is 6.54 Å². The van der Waals surface area contributed by atoms with Crippen molar-refractivity contribution in [1.29, 1.82) is 0 Å². The van der Waals surface area contributed by atoms with Gasteiger partial charge in [0.25, 0.3) is 11.5 Å². The Balaban J connectivity index is 1.92. The topological polar surface area (TPSA) is 68.3 Å². The summed E-state index contributed by atoms with van der Waals surface area (Å²) < 4.78 is 7.25. The molecule has 1 saturated heterocycles. The third kappa shape index (κ3) is 3.52. The molecule has 0 radical (unpaired) electrons. The molecule has 3 rings (SSSR count). The number of piperidine rings is 1. The van der Waals surface area contributed by atoms with Gasteiger partial charge in [-0.05, 0) is 43.9 Å². The molecule has 0 aromatic carbocycles. The number of carbonyl (C=O) groups is 1. The largest absolute Gasteiger partial charge is 0.464 e. The van der Waals surface area contributed by atoms with Gasteiger partial charge in [-0.1, -0.05) is 13.8 Å². The average Bonchev–Trinajstić information content (AvgIpc) is 3.10. The van der Waals surface area contributed by atoms with E-state index in [9.17, 15) is 9.59 Å². The second-order valence-electron chi connectivity index (χ2n) is 6.67. The highest BCUT2D eigenvalue weighted by molar-refractivity contribution is 5.92. The van der Waals surface area contributed by atoms with Crippen molar-refractivity contribution in [1.82, 2.24) is 14.7 Å². The molecule has 0 spiro atoms. The predicted molar refractivity (Wildman–Crippen MR) is 94.4 cm³/mol. The summed E-state index contributed by atoms with van der Waals surface area (Å²) in [5, 5.41) is 4.22. The molecule has 1 aliphatic rings. The summed E-state index contributed by atoms with van der Waals surface area (Å²) in [6.45, 7) is 7.20. The fourth-order valence-corrected chi connectivity index (χ4v) is 3.35. The van der Waals surface area contributed by atoms with Crippen LogP contribution in [0.3, 0.4) is 0 Å². The Labute approximate surface area is 147 Å². The van der Waals surface area contributed by atoms with Crippen molar-refractivity contribution in [2.45, 2.75) is 52.6 Å². The lowest BCUT2D eigenvalue weighted by molar-refractivity contribution is 0.0510. The number of aryl methyl sites for hydroxylation is 2. The van der Waals surface area contributed by atoms with Gasteiger partial charge >= 0.3 is 0 Å². The van der Waals surface area contributed by atoms with Gasteiger partial charge in [0.15, 0.2) is 0 Å². The molecule has 0 aliphatic carbocycles. The molecule has 25 heavy (non-hydrogen) atoms. The third-order valence-electron chi connectivity index (χ3n) is 4.87. The second-order valence-corrected chi connectivity index (χ2v) is 6.67. The number of hydrogen-bond acceptors (Lipinski definition) is 4. The Morgan fingerprint density at radius 2 is 2.08 bits per heavy atom. The molecule has 0 unspecified atom stereocenters. The summed E-state index contributed by atoms with van der Waals surface area (Å²) in [5.41, 5.74) is 0.116. The lowest BCUT2D eigenvalue weighted by atomic mass is 9.91. The Morgan fingerprint density at radius 1 is 1.28 bits per heavy atom. The molecule has 134 valence electrons. The minimum Gasteiger partial charge on any atom is -0.464 e. The molecule has 6 nitrogen and oxygen atoms in total. The zero-order valence-electron chi connectivity index (χ0n) is 15.1. The predicted octanol–water partition coefficient (Wildman–Crippen LogP) is 3.03. The van der Waals surface area contributed by atoms with Gasteiger partial charge in [-0.15, -0.1) is 0 Å². The van der Waals surface area contributed by atoms with Gasteiger partial charge in [-0.2, -0.15) is 5.10 Å². The van der Waals surface area contributed by atoms with Crippen LogP contribution in [0.15, 0.2) is 33.5 Å². The molecular formula is C19H25N3O3. The number of amides is 1. The van der Waals surface area contributed by atoms with Crippen LogP contribution in [0.25, 0.3) is 0 Å². The van der Waals surface area contributed by atoms with E-state index in [0.717, 1.165) is 30.8 Å². The van der Waals surface area contributed by atoms with Gasteiger partial charge in [0.2, 0.25) is 0 Å². The van der Waals surface area contributed by atoms with Crippen LogP contribution in [0.5, 0.6) is 0 Å². The molecule has 3 heterocycles. The molecule has 1 fully saturated rings. The van der Waals surface area contributed by atoms with E-state index in [1.54, 1.807) is 0 Å². The molecule has 0 N–H and O–H groups in total. The van der Waals surface area contributed by atoms with E-state index >= 15 is 0 Å². The van der Waals surface area contributed by atoms with Crippen LogP contribution < -0.4 is 5.56 Å². The van der Waals surface area contributed by atoms with Crippen molar-refractivity contribution >= 4 is 5.91 Å². The maximum absolute atomic E-state index is 13.1. The number of nitrogens with zero attached hydrogens (tertiary/aromatic N) is 3. The maximum Gasteiger partial charge on any atom is 0.274 e. The molecule has 2 aromatic heterocycles. The van der Waals surface area contributed by atoms with E-state index in [4.69, 9.17) is 4.42 Å². The quantitative estimate of drug-likeness (QED) is 0.856. The first-order valence-electron chi connectivity index (χ1n) is 9.01. The highest BCUT2D eigenvalue weighted by Gasteiger charge is 2.34. The summed E-state index contributed by atoms with van der Waals surface area (Å²) in [7, 11) is 0. The SMILES string of the molecule is CCc1ccc([C@H]2C[C@H](C)CCN2C(=O)c2ccc(=O)n(CC)n2)o1. The fraction of sp³-hybridized carbons (Fsp3) is 0.526. The van der Waals surface area contributed by atoms with Crippen LogP contribution in [-0.2, 0) is 13.0 Å². The monoisotopic (exact) mass is 343 g/mol. The van der Waals surface area contributed by atoms with Gasteiger partial charge in [0.05, 0.1) is 6.04 Å². The highest BCUT2D eigenvalue weighted by Crippen LogP contribution is 2.35. The minimum absolute atomic E-state index is 0.0830. The molecule has 2 atom stereocenters. The van der Waals surface area contributed by atoms with Crippen LogP contribution in [0.2, 0.25) is 0 Å². The molecule has 0 bridgehead atoms. The minimum atomic E-state index is -0.193. The Kier molecular flexibility index (Phi) is 5.06. The maximum atomic E-state index is 13.1. The number of likely N-dealkylation sites (tertiary alicyclic amines) is 1. The van der Waals surface area contributed by atoms with Crippen LogP contribution in [0.4, 0.5) is 0 Å². The smallest absolute Gasteiger partial charge is 0.274 e. The van der Waals surface area contributed by atoms with E-state index in [0.29, 0.717) is 24.7 Å². The molecule has 0 saturated carbocycles. The molecule has 2 aromatic rings. The van der Waals surface area contributed by atoms with E-state index in [-0.39, 0.29) is 17.5 Å². The number of aromatic nitrogens is 2. The van der Waals surface area contributed by atoms with E-state index in [1.807, 2.05) is 30.9 Å². The standard InChI is InChI=1S/C19H25N3O3/c1-4-14-6-8-17(25-14)16-12-13(3)10-11-21(16)19(24)15-7-9-18(23)22(5-2)20-15/h6-9,13,16H,4-5,10-12H2,1-3H3/t13-,16-/m1/s1. The number of furan rings is 1. The van der Waals surface area contributed by atoms with Crippen LogP contribution >= 0.6 is 0 Å². The normalized spacial score (nSPS) is 20.7. The number of hydrogen-bond donors (Lipinski definition) is 0. The zero-order valence-corrected chi connectivity index (χ0v) is 15.1. The fourth-order valence-electron chi connectivity index (χ4n) is 3.35. The molecular weight excluding hydrogens is 318 g/mol. The summed E-state index contributed by atoms with van der Waals surface area (Å²) in [5.74, 6) is 2.15. The van der Waals surface area contributed by atoms with Crippen molar-refractivity contribution in [3.8, 4) is 0 Å². The second kappa shape index (κ2) is 7.25. The van der Waals surface area contributed by atoms with Crippen LogP contribution in [0.1, 0.15) is 61.7 Å². The number of rotatable bonds is 4. The van der Waals surface area contributed by atoms with Crippen LogP contribution in [-0.4, -0.2) is 27.1 Å². The first-order valence-corrected chi connectivity index (χ1v) is 9.01. The van der Waals surface area contributed by atoms with E-state index < -0.39 is 0 Å². The molecule has 1 aliphatic heterocycles. The van der Waals surface area contributed by atoms with E-state index in [2.05, 4.69) is 12.0 Å². The lowest BCUT2D eigenvalue weighted by Gasteiger charge is -2.37. The Morgan fingerprint density at radius 3 is 2.76 bits per heavy atom. The van der Waals surface area contributed by atoms with E-state index in [1.165, 1.54) is 16.8 Å². The van der Waals surface area contributed by atoms with Gasteiger partial charge in [-0.25, -0.2) is 4.68 Å². The van der Waals surface area contributed by atoms with Gasteiger partial charge in [0, 0.05) is 25.6 Å². The Hall–Kier alpha value is -2.37. The first kappa shape index (κ1) is 17.5. The summed E-state index contributed by atoms with van der Waals surface area (Å²) in [6.07, 6.45) is 2.66. The lowest BCUT2D eigenvalue weighted by Crippen LogP contribution is -2.41. The van der Waals surface area contributed by atoms with Crippen molar-refractivity contribution in [3.05, 3.63) is 51.8 Å². The van der Waals surface area contributed by atoms with Gasteiger partial charge in [-0.3, -0.25) is 9.59 Å². The van der Waals surface area contributed by atoms with Crippen molar-refractivity contribution < 1.29 is 9.21 Å². The average molecular weight is 343 g/mol. The van der Waals surface area contributed by atoms with Crippen molar-refractivity contribution in [3.63, 3.8) is 0 Å². The zero-order chi connectivity index (χ0) is 18.0. The van der Waals surface area contributed by atoms with Crippen molar-refractivity contribution in [2.24, 2.45) is 5.92 Å². The van der Waals surface area contributed by atoms with Crippen LogP contribution in [0, 0.1) is 5.92 Å². The molecule has 1 amide bonds. The third-order valence-corrected chi connectivity index (χ3v) is 4.87. The molecule has 6 heteroatoms. The summed E-state index contributed by atoms with van der Waals surface area (Å²) in [4.78, 5) is 26.6. The number of carbonyl (C=O) groups excluding carboxylic acids is 1. The summed E-state index contributed by atoms with van der Waals surface area (Å²) >= 11 is 0. The summed E-state index contributed by atoms with van der Waals surface area (Å²) in [6, 6.07) is 6.80. The van der Waals surface area contributed by atoms with Gasteiger partial charge < -0.3 is 9.32 Å². The Bertz CT molecular complexity index is 808.